The summed E-state index contributed by atoms with van der Waals surface area (Å²) in [4.78, 5) is 35.2. The normalized spacial score (nSPS) is 40.4. The lowest BCUT2D eigenvalue weighted by Crippen LogP contribution is -2.42. The van der Waals surface area contributed by atoms with Crippen LogP contribution in [0.25, 0.3) is 0 Å². The molecule has 0 saturated heterocycles. The quantitative estimate of drug-likeness (QED) is 0.796. The first-order valence-corrected chi connectivity index (χ1v) is 8.10. The lowest BCUT2D eigenvalue weighted by atomic mass is 9.58. The van der Waals surface area contributed by atoms with Gasteiger partial charge in [0.05, 0.1) is 0 Å². The van der Waals surface area contributed by atoms with Gasteiger partial charge in [0.1, 0.15) is 17.3 Å². The molecule has 110 valence electrons. The van der Waals surface area contributed by atoms with E-state index in [1.165, 1.54) is 0 Å². The third kappa shape index (κ3) is 2.47. The molecule has 20 heavy (non-hydrogen) atoms. The predicted octanol–water partition coefficient (Wildman–Crippen LogP) is 2.96. The van der Waals surface area contributed by atoms with Crippen LogP contribution in [-0.4, -0.2) is 17.3 Å². The Bertz CT molecular complexity index is 440. The Morgan fingerprint density at radius 2 is 1.85 bits per heavy atom. The molecule has 3 fully saturated rings. The largest absolute Gasteiger partial charge is 0.300 e. The molecular weight excluding hydrogens is 252 g/mol. The molecule has 3 nitrogen and oxygen atoms in total. The Labute approximate surface area is 120 Å². The lowest BCUT2D eigenvalue weighted by molar-refractivity contribution is -0.132. The zero-order valence-corrected chi connectivity index (χ0v) is 12.3. The van der Waals surface area contributed by atoms with Gasteiger partial charge >= 0.3 is 0 Å². The van der Waals surface area contributed by atoms with Crippen molar-refractivity contribution < 1.29 is 14.4 Å². The first-order valence-electron chi connectivity index (χ1n) is 8.10. The van der Waals surface area contributed by atoms with Gasteiger partial charge in [-0.2, -0.15) is 0 Å². The number of carbonyl (C=O) groups excluding carboxylic acids is 3. The van der Waals surface area contributed by atoms with Crippen molar-refractivity contribution >= 4 is 17.3 Å². The molecule has 0 radical (unpaired) electrons. The van der Waals surface area contributed by atoms with Crippen molar-refractivity contribution in [1.29, 1.82) is 0 Å². The molecule has 3 heteroatoms. The van der Waals surface area contributed by atoms with Crippen LogP contribution >= 0.6 is 0 Å². The highest BCUT2D eigenvalue weighted by atomic mass is 16.1. The van der Waals surface area contributed by atoms with Gasteiger partial charge < -0.3 is 4.79 Å². The molecule has 0 unspecified atom stereocenters. The zero-order valence-electron chi connectivity index (χ0n) is 12.3. The predicted molar refractivity (Wildman–Crippen MR) is 75.1 cm³/mol. The van der Waals surface area contributed by atoms with Crippen LogP contribution in [0.2, 0.25) is 0 Å². The summed E-state index contributed by atoms with van der Waals surface area (Å²) in [5, 5.41) is 0. The fraction of sp³-hybridized carbons (Fsp3) is 0.824. The zero-order chi connectivity index (χ0) is 14.3. The summed E-state index contributed by atoms with van der Waals surface area (Å²) in [6.07, 6.45) is 6.65. The topological polar surface area (TPSA) is 51.2 Å². The maximum Gasteiger partial charge on any atom is 0.136 e. The van der Waals surface area contributed by atoms with Gasteiger partial charge in [-0.1, -0.05) is 0 Å². The number of Topliss-reactive ketones (excluding diaryl/α,β-unsaturated/α-hetero) is 3. The van der Waals surface area contributed by atoms with E-state index in [0.717, 1.165) is 38.5 Å². The fourth-order valence-electron chi connectivity index (χ4n) is 5.11. The highest BCUT2D eigenvalue weighted by Crippen LogP contribution is 2.53. The third-order valence-electron chi connectivity index (χ3n) is 5.99. The van der Waals surface area contributed by atoms with Crippen LogP contribution in [0.1, 0.15) is 58.3 Å². The van der Waals surface area contributed by atoms with Crippen LogP contribution in [0, 0.1) is 29.6 Å². The lowest BCUT2D eigenvalue weighted by Gasteiger charge is -2.46. The van der Waals surface area contributed by atoms with Crippen molar-refractivity contribution in [2.24, 2.45) is 29.6 Å². The summed E-state index contributed by atoms with van der Waals surface area (Å²) in [5.74, 6) is 3.21. The van der Waals surface area contributed by atoms with E-state index in [2.05, 4.69) is 0 Å². The number of hydrogen-bond acceptors (Lipinski definition) is 3. The number of ketones is 3. The van der Waals surface area contributed by atoms with Crippen LogP contribution in [0.15, 0.2) is 0 Å². The minimum absolute atomic E-state index is 0.0919. The van der Waals surface area contributed by atoms with Crippen LogP contribution in [-0.2, 0) is 14.4 Å². The number of carbonyl (C=O) groups is 3. The molecule has 0 bridgehead atoms. The van der Waals surface area contributed by atoms with Crippen molar-refractivity contribution in [3.63, 3.8) is 0 Å². The molecule has 0 N–H and O–H groups in total. The van der Waals surface area contributed by atoms with E-state index in [1.807, 2.05) is 0 Å². The third-order valence-corrected chi connectivity index (χ3v) is 5.99. The molecule has 0 heterocycles. The SMILES string of the molecule is CC(=O)CC[C@@H]1C(=O)CC[C@H]2[C@H]1CC[C@H]1CC(=O)C[C@@H]12. The van der Waals surface area contributed by atoms with Gasteiger partial charge in [-0.3, -0.25) is 9.59 Å². The van der Waals surface area contributed by atoms with Crippen molar-refractivity contribution in [2.75, 3.05) is 0 Å². The van der Waals surface area contributed by atoms with Gasteiger partial charge in [0.25, 0.3) is 0 Å². The second-order valence-electron chi connectivity index (χ2n) is 7.13. The average molecular weight is 276 g/mol. The summed E-state index contributed by atoms with van der Waals surface area (Å²) in [7, 11) is 0. The minimum atomic E-state index is 0.0919. The van der Waals surface area contributed by atoms with Crippen LogP contribution in [0.5, 0.6) is 0 Å². The van der Waals surface area contributed by atoms with Gasteiger partial charge in [0, 0.05) is 31.6 Å². The molecule has 0 spiro atoms. The molecule has 0 aromatic carbocycles. The first kappa shape index (κ1) is 14.0. The monoisotopic (exact) mass is 276 g/mol. The maximum absolute atomic E-state index is 12.2. The van der Waals surface area contributed by atoms with Crippen LogP contribution in [0.3, 0.4) is 0 Å². The smallest absolute Gasteiger partial charge is 0.136 e. The number of rotatable bonds is 3. The first-order chi connectivity index (χ1) is 9.56. The molecule has 0 amide bonds. The Balaban J connectivity index is 1.74. The molecule has 3 aliphatic carbocycles. The van der Waals surface area contributed by atoms with Crippen molar-refractivity contribution in [3.05, 3.63) is 0 Å². The van der Waals surface area contributed by atoms with Crippen LogP contribution < -0.4 is 0 Å². The molecule has 3 saturated carbocycles. The Morgan fingerprint density at radius 1 is 1.05 bits per heavy atom. The van der Waals surface area contributed by atoms with Crippen LogP contribution in [0.4, 0.5) is 0 Å². The maximum atomic E-state index is 12.2. The Hall–Kier alpha value is -0.990. The second kappa shape index (κ2) is 5.42. The van der Waals surface area contributed by atoms with Gasteiger partial charge in [0.2, 0.25) is 0 Å². The molecule has 3 aliphatic rings. The summed E-state index contributed by atoms with van der Waals surface area (Å²) in [5.41, 5.74) is 0. The van der Waals surface area contributed by atoms with E-state index in [-0.39, 0.29) is 11.7 Å². The summed E-state index contributed by atoms with van der Waals surface area (Å²) >= 11 is 0. The minimum Gasteiger partial charge on any atom is -0.300 e. The van der Waals surface area contributed by atoms with Gasteiger partial charge in [-0.05, 0) is 56.3 Å². The van der Waals surface area contributed by atoms with E-state index in [1.54, 1.807) is 6.92 Å². The van der Waals surface area contributed by atoms with Gasteiger partial charge in [-0.15, -0.1) is 0 Å². The van der Waals surface area contributed by atoms with E-state index < -0.39 is 0 Å². The van der Waals surface area contributed by atoms with E-state index in [9.17, 15) is 14.4 Å². The van der Waals surface area contributed by atoms with Crippen molar-refractivity contribution in [1.82, 2.24) is 0 Å². The molecular formula is C17H24O3. The number of hydrogen-bond donors (Lipinski definition) is 0. The van der Waals surface area contributed by atoms with E-state index in [4.69, 9.17) is 0 Å². The second-order valence-corrected chi connectivity index (χ2v) is 7.13. The van der Waals surface area contributed by atoms with Gasteiger partial charge in [0.15, 0.2) is 0 Å². The summed E-state index contributed by atoms with van der Waals surface area (Å²) < 4.78 is 0. The molecule has 3 rings (SSSR count). The van der Waals surface area contributed by atoms with Crippen molar-refractivity contribution in [3.8, 4) is 0 Å². The average Bonchev–Trinajstić information content (AvgIpc) is 2.77. The molecule has 0 aromatic heterocycles. The van der Waals surface area contributed by atoms with Gasteiger partial charge in [-0.25, -0.2) is 0 Å². The fourth-order valence-corrected chi connectivity index (χ4v) is 5.11. The van der Waals surface area contributed by atoms with Crippen molar-refractivity contribution in [2.45, 2.75) is 58.3 Å². The summed E-state index contributed by atoms with van der Waals surface area (Å²) in [6, 6.07) is 0. The standard InChI is InChI=1S/C17H24O3/c1-10(18)2-4-15-13-5-3-11-8-12(19)9-16(11)14(13)6-7-17(15)20/h11,13-16H,2-9H2,1H3/t11-,13+,14-,15-,16-/m0/s1. The Kier molecular flexibility index (Phi) is 3.78. The Morgan fingerprint density at radius 3 is 2.60 bits per heavy atom. The molecule has 5 atom stereocenters. The molecule has 0 aliphatic heterocycles. The summed E-state index contributed by atoms with van der Waals surface area (Å²) in [6.45, 7) is 1.61. The number of fused-ring (bicyclic) bond motifs is 3. The molecule has 0 aromatic rings. The highest BCUT2D eigenvalue weighted by molar-refractivity contribution is 5.84. The van der Waals surface area contributed by atoms with E-state index in [0.29, 0.717) is 48.1 Å². The highest BCUT2D eigenvalue weighted by Gasteiger charge is 2.49. The van der Waals surface area contributed by atoms with E-state index >= 15 is 0 Å².